The molecule has 0 radical (unpaired) electrons. The molecule has 2 aliphatic rings. The molecule has 5 rings (SSSR count). The average Bonchev–Trinajstić information content (AvgIpc) is 3.35. The zero-order chi connectivity index (χ0) is 27.2. The third-order valence-electron chi connectivity index (χ3n) is 7.01. The van der Waals surface area contributed by atoms with Gasteiger partial charge in [-0.3, -0.25) is 4.79 Å². The largest absolute Gasteiger partial charge is 0.494 e. The summed E-state index contributed by atoms with van der Waals surface area (Å²) >= 11 is 0. The molecule has 0 saturated heterocycles. The standard InChI is InChI=1S/C32H33FN2O4/c1-3-37-25-16-12-22(13-17-25)20-24-8-7-9-27-31(24)34-35(30(36)21-39-29-11-6-5-10-28(29)33)32(27)23-14-18-26(19-15-23)38-4-2/h5-6,10-20,27,32H,3-4,7-9,21H2,1-2H3/b24-20-/t27-,32-/m0/s1. The fourth-order valence-electron chi connectivity index (χ4n) is 5.26. The van der Waals surface area contributed by atoms with Crippen LogP contribution in [0.25, 0.3) is 6.08 Å². The summed E-state index contributed by atoms with van der Waals surface area (Å²) in [5, 5.41) is 6.42. The fraction of sp³-hybridized carbons (Fsp3) is 0.312. The number of carbonyl (C=O) groups excluding carboxylic acids is 1. The molecule has 1 aliphatic heterocycles. The summed E-state index contributed by atoms with van der Waals surface area (Å²) in [7, 11) is 0. The van der Waals surface area contributed by atoms with Gasteiger partial charge in [0.25, 0.3) is 5.91 Å². The molecule has 0 unspecified atom stereocenters. The number of halogens is 1. The Morgan fingerprint density at radius 1 is 0.949 bits per heavy atom. The molecule has 2 atom stereocenters. The number of hydrogen-bond donors (Lipinski definition) is 0. The van der Waals surface area contributed by atoms with E-state index < -0.39 is 5.82 Å². The van der Waals surface area contributed by atoms with Crippen LogP contribution in [0.5, 0.6) is 17.2 Å². The summed E-state index contributed by atoms with van der Waals surface area (Å²) in [5.41, 5.74) is 4.08. The molecule has 202 valence electrons. The number of benzene rings is 3. The number of nitrogens with zero attached hydrogens (tertiary/aromatic N) is 2. The summed E-state index contributed by atoms with van der Waals surface area (Å²) < 4.78 is 30.9. The molecule has 0 N–H and O–H groups in total. The molecule has 1 heterocycles. The summed E-state index contributed by atoms with van der Waals surface area (Å²) in [6.45, 7) is 4.80. The lowest BCUT2D eigenvalue weighted by molar-refractivity contribution is -0.135. The first kappa shape index (κ1) is 26.5. The van der Waals surface area contributed by atoms with Crippen molar-refractivity contribution in [2.45, 2.75) is 39.2 Å². The Morgan fingerprint density at radius 2 is 1.62 bits per heavy atom. The third-order valence-corrected chi connectivity index (χ3v) is 7.01. The SMILES string of the molecule is CCOc1ccc(/C=C2/CCC[C@H]3C2=NN(C(=O)COc2ccccc2F)[C@H]3c2ccc(OCC)cc2)cc1. The van der Waals surface area contributed by atoms with Crippen molar-refractivity contribution >= 4 is 17.7 Å². The highest BCUT2D eigenvalue weighted by Gasteiger charge is 2.43. The summed E-state index contributed by atoms with van der Waals surface area (Å²) in [5.74, 6) is 0.879. The normalized spacial score (nSPS) is 19.4. The lowest BCUT2D eigenvalue weighted by Crippen LogP contribution is -2.34. The van der Waals surface area contributed by atoms with Crippen LogP contribution in [0.4, 0.5) is 4.39 Å². The molecule has 0 spiro atoms. The molecule has 3 aromatic carbocycles. The van der Waals surface area contributed by atoms with Gasteiger partial charge in [-0.2, -0.15) is 5.10 Å². The zero-order valence-electron chi connectivity index (χ0n) is 22.3. The minimum absolute atomic E-state index is 0.0445. The number of allylic oxidation sites excluding steroid dienone is 1. The van der Waals surface area contributed by atoms with E-state index in [4.69, 9.17) is 19.3 Å². The highest BCUT2D eigenvalue weighted by Crippen LogP contribution is 2.44. The topological polar surface area (TPSA) is 60.4 Å². The molecule has 1 aliphatic carbocycles. The number of fused-ring (bicyclic) bond motifs is 1. The molecule has 7 heteroatoms. The van der Waals surface area contributed by atoms with E-state index in [0.29, 0.717) is 13.2 Å². The Labute approximate surface area is 228 Å². The monoisotopic (exact) mass is 528 g/mol. The van der Waals surface area contributed by atoms with Crippen molar-refractivity contribution in [3.8, 4) is 17.2 Å². The second-order valence-corrected chi connectivity index (χ2v) is 9.56. The molecule has 0 aromatic heterocycles. The maximum atomic E-state index is 14.1. The minimum Gasteiger partial charge on any atom is -0.494 e. The number of rotatable bonds is 9. The van der Waals surface area contributed by atoms with Gasteiger partial charge in [0.15, 0.2) is 18.2 Å². The zero-order valence-corrected chi connectivity index (χ0v) is 22.3. The highest BCUT2D eigenvalue weighted by atomic mass is 19.1. The quantitative estimate of drug-likeness (QED) is 0.306. The first-order valence-corrected chi connectivity index (χ1v) is 13.5. The first-order chi connectivity index (χ1) is 19.1. The van der Waals surface area contributed by atoms with Gasteiger partial charge in [0.05, 0.1) is 25.0 Å². The first-order valence-electron chi connectivity index (χ1n) is 13.5. The lowest BCUT2D eigenvalue weighted by atomic mass is 9.77. The van der Waals surface area contributed by atoms with Crippen molar-refractivity contribution in [3.63, 3.8) is 0 Å². The molecule has 3 aromatic rings. The van der Waals surface area contributed by atoms with Gasteiger partial charge in [-0.25, -0.2) is 9.40 Å². The van der Waals surface area contributed by atoms with Crippen molar-refractivity contribution in [1.29, 1.82) is 0 Å². The minimum atomic E-state index is -0.504. The predicted octanol–water partition coefficient (Wildman–Crippen LogP) is 6.83. The number of hydrogen-bond acceptors (Lipinski definition) is 5. The van der Waals surface area contributed by atoms with Crippen LogP contribution in [-0.2, 0) is 4.79 Å². The molecular formula is C32H33FN2O4. The van der Waals surface area contributed by atoms with Crippen molar-refractivity contribution in [1.82, 2.24) is 5.01 Å². The van der Waals surface area contributed by atoms with E-state index in [9.17, 15) is 9.18 Å². The average molecular weight is 529 g/mol. The number of amides is 1. The van der Waals surface area contributed by atoms with Gasteiger partial charge < -0.3 is 14.2 Å². The van der Waals surface area contributed by atoms with Crippen LogP contribution in [0.15, 0.2) is 83.5 Å². The Morgan fingerprint density at radius 3 is 2.28 bits per heavy atom. The van der Waals surface area contributed by atoms with E-state index in [1.807, 2.05) is 62.4 Å². The number of carbonyl (C=O) groups is 1. The maximum absolute atomic E-state index is 14.1. The van der Waals surface area contributed by atoms with Gasteiger partial charge in [0.1, 0.15) is 11.5 Å². The summed E-state index contributed by atoms with van der Waals surface area (Å²) in [6.07, 6.45) is 4.94. The van der Waals surface area contributed by atoms with E-state index in [1.54, 1.807) is 12.1 Å². The van der Waals surface area contributed by atoms with Crippen LogP contribution in [0.3, 0.4) is 0 Å². The van der Waals surface area contributed by atoms with E-state index in [-0.39, 0.29) is 30.2 Å². The Kier molecular flexibility index (Phi) is 8.25. The van der Waals surface area contributed by atoms with Crippen molar-refractivity contribution in [2.75, 3.05) is 19.8 Å². The van der Waals surface area contributed by atoms with Crippen LogP contribution in [0, 0.1) is 11.7 Å². The van der Waals surface area contributed by atoms with Gasteiger partial charge in [-0.15, -0.1) is 0 Å². The van der Waals surface area contributed by atoms with Crippen LogP contribution < -0.4 is 14.2 Å². The molecular weight excluding hydrogens is 495 g/mol. The van der Waals surface area contributed by atoms with Crippen molar-refractivity contribution < 1.29 is 23.4 Å². The van der Waals surface area contributed by atoms with Gasteiger partial charge in [0.2, 0.25) is 0 Å². The number of ether oxygens (including phenoxy) is 3. The van der Waals surface area contributed by atoms with E-state index in [1.165, 1.54) is 17.1 Å². The Bertz CT molecular complexity index is 1350. The maximum Gasteiger partial charge on any atom is 0.281 e. The molecule has 39 heavy (non-hydrogen) atoms. The molecule has 1 fully saturated rings. The fourth-order valence-corrected chi connectivity index (χ4v) is 5.26. The third kappa shape index (κ3) is 5.98. The van der Waals surface area contributed by atoms with Crippen molar-refractivity contribution in [2.24, 2.45) is 11.0 Å². The van der Waals surface area contributed by atoms with Gasteiger partial charge >= 0.3 is 0 Å². The smallest absolute Gasteiger partial charge is 0.281 e. The van der Waals surface area contributed by atoms with Crippen LogP contribution in [-0.4, -0.2) is 36.4 Å². The van der Waals surface area contributed by atoms with E-state index in [0.717, 1.165) is 53.2 Å². The van der Waals surface area contributed by atoms with Crippen LogP contribution in [0.1, 0.15) is 50.3 Å². The predicted molar refractivity (Wildman–Crippen MR) is 149 cm³/mol. The Hall–Kier alpha value is -4.13. The van der Waals surface area contributed by atoms with Crippen molar-refractivity contribution in [3.05, 3.63) is 95.3 Å². The van der Waals surface area contributed by atoms with Gasteiger partial charge in [0, 0.05) is 5.92 Å². The second-order valence-electron chi connectivity index (χ2n) is 9.56. The van der Waals surface area contributed by atoms with Gasteiger partial charge in [-0.1, -0.05) is 36.4 Å². The molecule has 1 saturated carbocycles. The Balaban J connectivity index is 1.45. The molecule has 0 bridgehead atoms. The van der Waals surface area contributed by atoms with Gasteiger partial charge in [-0.05, 0) is 92.3 Å². The van der Waals surface area contributed by atoms with Crippen LogP contribution >= 0.6 is 0 Å². The molecule has 6 nitrogen and oxygen atoms in total. The number of hydrazone groups is 1. The number of para-hydroxylation sites is 1. The van der Waals surface area contributed by atoms with Crippen LogP contribution in [0.2, 0.25) is 0 Å². The van der Waals surface area contributed by atoms with E-state index in [2.05, 4.69) is 6.08 Å². The summed E-state index contributed by atoms with van der Waals surface area (Å²) in [4.78, 5) is 13.5. The molecule has 1 amide bonds. The summed E-state index contributed by atoms with van der Waals surface area (Å²) in [6, 6.07) is 21.6. The van der Waals surface area contributed by atoms with E-state index >= 15 is 0 Å². The second kappa shape index (κ2) is 12.2. The highest BCUT2D eigenvalue weighted by molar-refractivity contribution is 6.08. The lowest BCUT2D eigenvalue weighted by Gasteiger charge is -2.29.